The molecule has 0 aliphatic heterocycles. The minimum atomic E-state index is 0.440. The SMILES string of the molecule is CC(CNc1ccnc2c(N)cccc12)c1ccccc1. The van der Waals surface area contributed by atoms with Crippen molar-refractivity contribution < 1.29 is 0 Å². The van der Waals surface area contributed by atoms with E-state index in [9.17, 15) is 0 Å². The highest BCUT2D eigenvalue weighted by molar-refractivity contribution is 5.97. The molecule has 0 spiro atoms. The Hall–Kier alpha value is -2.55. The van der Waals surface area contributed by atoms with Crippen LogP contribution in [0.5, 0.6) is 0 Å². The van der Waals surface area contributed by atoms with Crippen molar-refractivity contribution in [3.05, 3.63) is 66.4 Å². The van der Waals surface area contributed by atoms with Crippen LogP contribution in [-0.2, 0) is 0 Å². The van der Waals surface area contributed by atoms with Crippen LogP contribution in [0.25, 0.3) is 10.9 Å². The van der Waals surface area contributed by atoms with Gasteiger partial charge in [0.2, 0.25) is 0 Å². The quantitative estimate of drug-likeness (QED) is 0.708. The van der Waals surface area contributed by atoms with Crippen LogP contribution in [0.2, 0.25) is 0 Å². The van der Waals surface area contributed by atoms with E-state index in [0.717, 1.165) is 23.1 Å². The van der Waals surface area contributed by atoms with Crippen LogP contribution in [0.4, 0.5) is 11.4 Å². The molecule has 106 valence electrons. The van der Waals surface area contributed by atoms with Gasteiger partial charge in [0.15, 0.2) is 0 Å². The van der Waals surface area contributed by atoms with Crippen LogP contribution in [0.3, 0.4) is 0 Å². The summed E-state index contributed by atoms with van der Waals surface area (Å²) in [5.74, 6) is 0.440. The second-order valence-electron chi connectivity index (χ2n) is 5.29. The zero-order valence-electron chi connectivity index (χ0n) is 12.1. The third-order valence-electron chi connectivity index (χ3n) is 3.77. The summed E-state index contributed by atoms with van der Waals surface area (Å²) < 4.78 is 0. The van der Waals surface area contributed by atoms with Crippen molar-refractivity contribution in [1.82, 2.24) is 4.98 Å². The summed E-state index contributed by atoms with van der Waals surface area (Å²) >= 11 is 0. The normalized spacial score (nSPS) is 12.2. The fourth-order valence-corrected chi connectivity index (χ4v) is 2.52. The third-order valence-corrected chi connectivity index (χ3v) is 3.77. The van der Waals surface area contributed by atoms with E-state index < -0.39 is 0 Å². The molecule has 3 rings (SSSR count). The van der Waals surface area contributed by atoms with Crippen molar-refractivity contribution in [2.45, 2.75) is 12.8 Å². The molecule has 1 aromatic heterocycles. The zero-order chi connectivity index (χ0) is 14.7. The topological polar surface area (TPSA) is 50.9 Å². The smallest absolute Gasteiger partial charge is 0.0951 e. The lowest BCUT2D eigenvalue weighted by Gasteiger charge is -2.15. The standard InChI is InChI=1S/C18H19N3/c1-13(14-6-3-2-4-7-14)12-21-17-10-11-20-18-15(17)8-5-9-16(18)19/h2-11,13H,12,19H2,1H3,(H,20,21). The number of hydrogen-bond acceptors (Lipinski definition) is 3. The summed E-state index contributed by atoms with van der Waals surface area (Å²) in [5.41, 5.74) is 9.97. The number of nitrogens with zero attached hydrogens (tertiary/aromatic N) is 1. The summed E-state index contributed by atoms with van der Waals surface area (Å²) in [6.45, 7) is 3.10. The Bertz CT molecular complexity index is 738. The lowest BCUT2D eigenvalue weighted by atomic mass is 10.0. The maximum Gasteiger partial charge on any atom is 0.0951 e. The van der Waals surface area contributed by atoms with Crippen LogP contribution in [-0.4, -0.2) is 11.5 Å². The highest BCUT2D eigenvalue weighted by atomic mass is 14.9. The molecule has 0 saturated carbocycles. The Balaban J connectivity index is 1.81. The molecule has 0 radical (unpaired) electrons. The fourth-order valence-electron chi connectivity index (χ4n) is 2.52. The molecule has 0 aliphatic rings. The number of nitrogens with two attached hydrogens (primary N) is 1. The number of aromatic nitrogens is 1. The number of para-hydroxylation sites is 1. The maximum absolute atomic E-state index is 5.98. The zero-order valence-corrected chi connectivity index (χ0v) is 12.1. The summed E-state index contributed by atoms with van der Waals surface area (Å²) in [6, 6.07) is 18.4. The molecule has 0 amide bonds. The van der Waals surface area contributed by atoms with Crippen LogP contribution in [0.1, 0.15) is 18.4 Å². The van der Waals surface area contributed by atoms with Gasteiger partial charge in [0, 0.05) is 23.8 Å². The van der Waals surface area contributed by atoms with E-state index in [1.54, 1.807) is 6.20 Å². The molecular formula is C18H19N3. The van der Waals surface area contributed by atoms with Crippen LogP contribution in [0, 0.1) is 0 Å². The number of pyridine rings is 1. The molecule has 1 atom stereocenters. The summed E-state index contributed by atoms with van der Waals surface area (Å²) in [5, 5.41) is 4.58. The second-order valence-corrected chi connectivity index (χ2v) is 5.29. The molecule has 1 unspecified atom stereocenters. The van der Waals surface area contributed by atoms with Gasteiger partial charge in [-0.1, -0.05) is 49.4 Å². The van der Waals surface area contributed by atoms with E-state index in [4.69, 9.17) is 5.73 Å². The molecule has 0 saturated heterocycles. The van der Waals surface area contributed by atoms with Gasteiger partial charge in [-0.2, -0.15) is 0 Å². The van der Waals surface area contributed by atoms with Gasteiger partial charge in [0.25, 0.3) is 0 Å². The lowest BCUT2D eigenvalue weighted by molar-refractivity contribution is 0.805. The number of fused-ring (bicyclic) bond motifs is 1. The average Bonchev–Trinajstić information content (AvgIpc) is 2.54. The van der Waals surface area contributed by atoms with Crippen molar-refractivity contribution in [3.63, 3.8) is 0 Å². The van der Waals surface area contributed by atoms with Crippen molar-refractivity contribution in [1.29, 1.82) is 0 Å². The minimum Gasteiger partial charge on any atom is -0.397 e. The fraction of sp³-hybridized carbons (Fsp3) is 0.167. The van der Waals surface area contributed by atoms with Crippen molar-refractivity contribution >= 4 is 22.3 Å². The first-order valence-corrected chi connectivity index (χ1v) is 7.18. The van der Waals surface area contributed by atoms with E-state index in [1.165, 1.54) is 5.56 Å². The number of rotatable bonds is 4. The van der Waals surface area contributed by atoms with E-state index in [2.05, 4.69) is 41.5 Å². The Morgan fingerprint density at radius 1 is 1.05 bits per heavy atom. The molecule has 0 bridgehead atoms. The Labute approximate surface area is 124 Å². The van der Waals surface area contributed by atoms with E-state index in [1.807, 2.05) is 30.3 Å². The van der Waals surface area contributed by atoms with Gasteiger partial charge < -0.3 is 11.1 Å². The van der Waals surface area contributed by atoms with Crippen LogP contribution in [0.15, 0.2) is 60.8 Å². The highest BCUT2D eigenvalue weighted by Gasteiger charge is 2.07. The first-order valence-electron chi connectivity index (χ1n) is 7.18. The molecule has 3 N–H and O–H groups in total. The van der Waals surface area contributed by atoms with Gasteiger partial charge in [-0.3, -0.25) is 4.98 Å². The molecule has 0 fully saturated rings. The Morgan fingerprint density at radius 3 is 2.67 bits per heavy atom. The minimum absolute atomic E-state index is 0.440. The van der Waals surface area contributed by atoms with Gasteiger partial charge in [-0.15, -0.1) is 0 Å². The summed E-state index contributed by atoms with van der Waals surface area (Å²) in [6.07, 6.45) is 1.80. The molecule has 0 aliphatic carbocycles. The van der Waals surface area contributed by atoms with E-state index in [0.29, 0.717) is 11.6 Å². The van der Waals surface area contributed by atoms with Gasteiger partial charge in [-0.05, 0) is 23.6 Å². The van der Waals surface area contributed by atoms with Crippen molar-refractivity contribution in [3.8, 4) is 0 Å². The van der Waals surface area contributed by atoms with E-state index >= 15 is 0 Å². The molecular weight excluding hydrogens is 258 g/mol. The number of nitrogens with one attached hydrogen (secondary N) is 1. The molecule has 3 aromatic rings. The Kier molecular flexibility index (Phi) is 3.73. The van der Waals surface area contributed by atoms with Crippen LogP contribution >= 0.6 is 0 Å². The molecule has 2 aromatic carbocycles. The highest BCUT2D eigenvalue weighted by Crippen LogP contribution is 2.26. The number of benzene rings is 2. The summed E-state index contributed by atoms with van der Waals surface area (Å²) in [4.78, 5) is 4.36. The largest absolute Gasteiger partial charge is 0.397 e. The predicted octanol–water partition coefficient (Wildman–Crippen LogP) is 4.03. The average molecular weight is 277 g/mol. The second kappa shape index (κ2) is 5.83. The molecule has 1 heterocycles. The predicted molar refractivity (Wildman–Crippen MR) is 89.5 cm³/mol. The van der Waals surface area contributed by atoms with E-state index in [-0.39, 0.29) is 0 Å². The molecule has 3 nitrogen and oxygen atoms in total. The van der Waals surface area contributed by atoms with Gasteiger partial charge >= 0.3 is 0 Å². The van der Waals surface area contributed by atoms with Gasteiger partial charge in [0.1, 0.15) is 0 Å². The third kappa shape index (κ3) is 2.82. The van der Waals surface area contributed by atoms with Gasteiger partial charge in [-0.25, -0.2) is 0 Å². The lowest BCUT2D eigenvalue weighted by Crippen LogP contribution is -2.10. The first-order chi connectivity index (χ1) is 10.3. The van der Waals surface area contributed by atoms with Crippen molar-refractivity contribution in [2.24, 2.45) is 0 Å². The van der Waals surface area contributed by atoms with Crippen LogP contribution < -0.4 is 11.1 Å². The molecule has 3 heteroatoms. The molecule has 21 heavy (non-hydrogen) atoms. The number of nitrogen functional groups attached to an aromatic ring is 1. The number of hydrogen-bond donors (Lipinski definition) is 2. The van der Waals surface area contributed by atoms with Gasteiger partial charge in [0.05, 0.1) is 11.2 Å². The monoisotopic (exact) mass is 277 g/mol. The van der Waals surface area contributed by atoms with Crippen molar-refractivity contribution in [2.75, 3.05) is 17.6 Å². The number of anilines is 2. The summed E-state index contributed by atoms with van der Waals surface area (Å²) in [7, 11) is 0. The maximum atomic E-state index is 5.98. The first kappa shape index (κ1) is 13.4. The Morgan fingerprint density at radius 2 is 1.86 bits per heavy atom.